The third kappa shape index (κ3) is 4.34. The van der Waals surface area contributed by atoms with Gasteiger partial charge in [0, 0.05) is 19.0 Å². The summed E-state index contributed by atoms with van der Waals surface area (Å²) in [5, 5.41) is 0. The van der Waals surface area contributed by atoms with Crippen LogP contribution in [0.5, 0.6) is 0 Å². The summed E-state index contributed by atoms with van der Waals surface area (Å²) in [5.74, 6) is 1.24. The topological polar surface area (TPSA) is 43.8 Å². The van der Waals surface area contributed by atoms with Gasteiger partial charge >= 0.3 is 0 Å². The minimum absolute atomic E-state index is 0. The number of halogens is 2. The van der Waals surface area contributed by atoms with Gasteiger partial charge in [-0.1, -0.05) is 6.08 Å². The highest BCUT2D eigenvalue weighted by atomic mass is 35.5. The number of imidazole rings is 1. The molecule has 17 heavy (non-hydrogen) atoms. The van der Waals surface area contributed by atoms with E-state index in [0.29, 0.717) is 0 Å². The van der Waals surface area contributed by atoms with Crippen molar-refractivity contribution >= 4 is 30.9 Å². The molecule has 0 aliphatic carbocycles. The number of hydrogen-bond donors (Lipinski definition) is 1. The number of nitrogens with two attached hydrogens (primary N) is 1. The molecule has 0 bridgehead atoms. The molecule has 1 aromatic heterocycles. The lowest BCUT2D eigenvalue weighted by Crippen LogP contribution is -2.13. The van der Waals surface area contributed by atoms with E-state index in [-0.39, 0.29) is 30.9 Å². The lowest BCUT2D eigenvalue weighted by atomic mass is 10.1. The van der Waals surface area contributed by atoms with E-state index in [1.54, 1.807) is 0 Å². The predicted octanol–water partition coefficient (Wildman–Crippen LogP) is 2.81. The maximum absolute atomic E-state index is 5.70. The molecule has 1 aliphatic rings. The Balaban J connectivity index is 0.00000128. The average Bonchev–Trinajstić information content (AvgIpc) is 2.62. The monoisotopic (exact) mass is 277 g/mol. The van der Waals surface area contributed by atoms with Crippen molar-refractivity contribution in [2.75, 3.05) is 0 Å². The summed E-state index contributed by atoms with van der Waals surface area (Å²) in [6.07, 6.45) is 10.9. The Hall–Kier alpha value is -0.510. The fraction of sp³-hybridized carbons (Fsp3) is 0.583. The van der Waals surface area contributed by atoms with E-state index in [1.807, 2.05) is 13.1 Å². The fourth-order valence-electron chi connectivity index (χ4n) is 1.98. The Morgan fingerprint density at radius 2 is 2.24 bits per heavy atom. The Morgan fingerprint density at radius 3 is 2.94 bits per heavy atom. The van der Waals surface area contributed by atoms with Gasteiger partial charge in [0.2, 0.25) is 0 Å². The van der Waals surface area contributed by atoms with E-state index >= 15 is 0 Å². The van der Waals surface area contributed by atoms with Crippen molar-refractivity contribution in [2.24, 2.45) is 5.73 Å². The van der Waals surface area contributed by atoms with Gasteiger partial charge in [0.05, 0.1) is 11.9 Å². The number of nitrogens with zero attached hydrogens (tertiary/aromatic N) is 2. The first kappa shape index (κ1) is 16.5. The Bertz CT molecular complexity index is 359. The molecule has 1 aliphatic heterocycles. The number of hydrogen-bond acceptors (Lipinski definition) is 2. The average molecular weight is 278 g/mol. The lowest BCUT2D eigenvalue weighted by molar-refractivity contribution is 0.520. The first-order valence-corrected chi connectivity index (χ1v) is 5.74. The second-order valence-electron chi connectivity index (χ2n) is 4.32. The summed E-state index contributed by atoms with van der Waals surface area (Å²) in [6, 6.07) is 0.241. The summed E-state index contributed by atoms with van der Waals surface area (Å²) in [7, 11) is 0. The largest absolute Gasteiger partial charge is 0.329 e. The highest BCUT2D eigenvalue weighted by Gasteiger charge is 2.11. The summed E-state index contributed by atoms with van der Waals surface area (Å²) in [6.45, 7) is 3.14. The van der Waals surface area contributed by atoms with E-state index < -0.39 is 0 Å². The summed E-state index contributed by atoms with van der Waals surface area (Å²) < 4.78 is 2.32. The smallest absolute Gasteiger partial charge is 0.109 e. The van der Waals surface area contributed by atoms with Crippen molar-refractivity contribution in [3.8, 4) is 0 Å². The van der Waals surface area contributed by atoms with Gasteiger partial charge < -0.3 is 10.3 Å². The quantitative estimate of drug-likeness (QED) is 0.924. The van der Waals surface area contributed by atoms with E-state index in [1.165, 1.54) is 24.4 Å². The van der Waals surface area contributed by atoms with Crippen LogP contribution in [0.25, 0.3) is 6.08 Å². The van der Waals surface area contributed by atoms with Crippen LogP contribution in [0, 0.1) is 0 Å². The first-order valence-electron chi connectivity index (χ1n) is 5.74. The Morgan fingerprint density at radius 1 is 1.47 bits per heavy atom. The maximum Gasteiger partial charge on any atom is 0.109 e. The predicted molar refractivity (Wildman–Crippen MR) is 77.0 cm³/mol. The number of fused-ring (bicyclic) bond motifs is 1. The number of aryl methyl sites for hydroxylation is 1. The zero-order valence-corrected chi connectivity index (χ0v) is 11.8. The van der Waals surface area contributed by atoms with Gasteiger partial charge in [-0.3, -0.25) is 0 Å². The molecular weight excluding hydrogens is 257 g/mol. The normalized spacial score (nSPS) is 15.9. The molecule has 0 saturated heterocycles. The van der Waals surface area contributed by atoms with Crippen molar-refractivity contribution in [3.05, 3.63) is 23.8 Å². The van der Waals surface area contributed by atoms with E-state index in [0.717, 1.165) is 19.4 Å². The van der Waals surface area contributed by atoms with Crippen LogP contribution in [0.2, 0.25) is 0 Å². The summed E-state index contributed by atoms with van der Waals surface area (Å²) in [4.78, 5) is 4.43. The van der Waals surface area contributed by atoms with Crippen molar-refractivity contribution in [1.29, 1.82) is 0 Å². The molecule has 98 valence electrons. The fourth-order valence-corrected chi connectivity index (χ4v) is 1.98. The van der Waals surface area contributed by atoms with Gasteiger partial charge in [-0.25, -0.2) is 4.98 Å². The molecule has 2 heterocycles. The van der Waals surface area contributed by atoms with Crippen LogP contribution in [0.3, 0.4) is 0 Å². The molecule has 2 N–H and O–H groups in total. The maximum atomic E-state index is 5.70. The molecule has 0 spiro atoms. The van der Waals surface area contributed by atoms with Crippen molar-refractivity contribution < 1.29 is 0 Å². The van der Waals surface area contributed by atoms with Crippen LogP contribution >= 0.6 is 24.8 Å². The standard InChI is InChI=1S/C12H19N3.2ClH/c1-10(13)5-4-6-11-9-14-12-7-2-3-8-15(11)12;;/h4,6,9-10H,2-3,5,7-8,13H2,1H3;2*1H/b6-4+;;/t10-;;/m0../s1. The van der Waals surface area contributed by atoms with Crippen LogP contribution < -0.4 is 5.73 Å². The third-order valence-electron chi connectivity index (χ3n) is 2.80. The van der Waals surface area contributed by atoms with Crippen LogP contribution in [-0.4, -0.2) is 15.6 Å². The minimum atomic E-state index is 0. The zero-order valence-electron chi connectivity index (χ0n) is 10.1. The van der Waals surface area contributed by atoms with E-state index in [4.69, 9.17) is 5.73 Å². The van der Waals surface area contributed by atoms with E-state index in [2.05, 4.69) is 21.7 Å². The third-order valence-corrected chi connectivity index (χ3v) is 2.80. The zero-order chi connectivity index (χ0) is 10.7. The number of rotatable bonds is 3. The number of aromatic nitrogens is 2. The van der Waals surface area contributed by atoms with Gasteiger partial charge in [-0.15, -0.1) is 24.8 Å². The molecule has 1 atom stereocenters. The molecule has 5 heteroatoms. The molecule has 3 nitrogen and oxygen atoms in total. The van der Waals surface area contributed by atoms with Crippen LogP contribution in [0.1, 0.15) is 37.7 Å². The summed E-state index contributed by atoms with van der Waals surface area (Å²) >= 11 is 0. The molecule has 0 fully saturated rings. The molecule has 1 aromatic rings. The Labute approximate surface area is 115 Å². The lowest BCUT2D eigenvalue weighted by Gasteiger charge is -2.14. The molecule has 0 unspecified atom stereocenters. The van der Waals surface area contributed by atoms with Crippen LogP contribution in [0.15, 0.2) is 12.3 Å². The van der Waals surface area contributed by atoms with Crippen molar-refractivity contribution in [2.45, 2.75) is 45.2 Å². The highest BCUT2D eigenvalue weighted by Crippen LogP contribution is 2.17. The van der Waals surface area contributed by atoms with Gasteiger partial charge in [0.15, 0.2) is 0 Å². The molecule has 0 aromatic carbocycles. The second kappa shape index (κ2) is 7.75. The second-order valence-corrected chi connectivity index (χ2v) is 4.32. The molecular formula is C12H21Cl2N3. The molecule has 2 rings (SSSR count). The van der Waals surface area contributed by atoms with Gasteiger partial charge in [-0.2, -0.15) is 0 Å². The van der Waals surface area contributed by atoms with Gasteiger partial charge in [0.1, 0.15) is 5.82 Å². The minimum Gasteiger partial charge on any atom is -0.329 e. The van der Waals surface area contributed by atoms with Crippen LogP contribution in [0.4, 0.5) is 0 Å². The molecule has 0 amide bonds. The summed E-state index contributed by atoms with van der Waals surface area (Å²) in [5.41, 5.74) is 6.92. The van der Waals surface area contributed by atoms with Gasteiger partial charge in [-0.05, 0) is 32.3 Å². The SMILES string of the molecule is C[C@H](N)C/C=C/c1cnc2n1CCCC2.Cl.Cl. The van der Waals surface area contributed by atoms with E-state index in [9.17, 15) is 0 Å². The van der Waals surface area contributed by atoms with Crippen LogP contribution in [-0.2, 0) is 13.0 Å². The van der Waals surface area contributed by atoms with Crippen molar-refractivity contribution in [1.82, 2.24) is 9.55 Å². The highest BCUT2D eigenvalue weighted by molar-refractivity contribution is 5.85. The molecule has 0 saturated carbocycles. The molecule has 0 radical (unpaired) electrons. The van der Waals surface area contributed by atoms with Crippen molar-refractivity contribution in [3.63, 3.8) is 0 Å². The first-order chi connectivity index (χ1) is 7.27. The van der Waals surface area contributed by atoms with Gasteiger partial charge in [0.25, 0.3) is 0 Å². The Kier molecular flexibility index (Phi) is 7.51.